The smallest absolute Gasteiger partial charge is 0.243 e. The Bertz CT molecular complexity index is 993. The third kappa shape index (κ3) is 3.87. The fourth-order valence-electron chi connectivity index (χ4n) is 3.39. The quantitative estimate of drug-likeness (QED) is 0.716. The summed E-state index contributed by atoms with van der Waals surface area (Å²) in [4.78, 5) is 14.6. The summed E-state index contributed by atoms with van der Waals surface area (Å²) in [5.74, 6) is 0.157. The van der Waals surface area contributed by atoms with Crippen LogP contribution in [-0.2, 0) is 21.2 Å². The predicted octanol–water partition coefficient (Wildman–Crippen LogP) is 3.34. The molecule has 0 aromatic heterocycles. The number of carbonyl (C=O) groups excluding carboxylic acids is 1. The van der Waals surface area contributed by atoms with Gasteiger partial charge in [0.05, 0.1) is 23.1 Å². The van der Waals surface area contributed by atoms with E-state index >= 15 is 0 Å². The molecule has 1 atom stereocenters. The lowest BCUT2D eigenvalue weighted by atomic mass is 10.1. The Labute approximate surface area is 170 Å². The molecule has 3 rings (SSSR count). The highest BCUT2D eigenvalue weighted by molar-refractivity contribution is 7.89. The summed E-state index contributed by atoms with van der Waals surface area (Å²) in [5, 5.41) is 0.213. The van der Waals surface area contributed by atoms with Gasteiger partial charge in [-0.1, -0.05) is 29.8 Å². The number of halogens is 1. The molecule has 1 aliphatic rings. The van der Waals surface area contributed by atoms with Crippen LogP contribution in [0.5, 0.6) is 5.75 Å². The average molecular weight is 423 g/mol. The molecule has 0 unspecified atom stereocenters. The van der Waals surface area contributed by atoms with E-state index in [2.05, 4.69) is 0 Å². The second-order valence-corrected chi connectivity index (χ2v) is 9.18. The zero-order valence-electron chi connectivity index (χ0n) is 16.1. The number of ether oxygens (including phenoxy) is 1. The second-order valence-electron chi connectivity index (χ2n) is 6.73. The molecule has 28 heavy (non-hydrogen) atoms. The zero-order valence-corrected chi connectivity index (χ0v) is 17.6. The lowest BCUT2D eigenvalue weighted by molar-refractivity contribution is -0.118. The molecule has 0 saturated carbocycles. The maximum atomic E-state index is 12.9. The van der Waals surface area contributed by atoms with Crippen LogP contribution in [0.25, 0.3) is 0 Å². The van der Waals surface area contributed by atoms with Crippen LogP contribution in [0.15, 0.2) is 47.4 Å². The van der Waals surface area contributed by atoms with Crippen molar-refractivity contribution in [3.8, 4) is 5.75 Å². The predicted molar refractivity (Wildman–Crippen MR) is 110 cm³/mol. The molecule has 6 nitrogen and oxygen atoms in total. The Morgan fingerprint density at radius 1 is 1.29 bits per heavy atom. The molecule has 0 spiro atoms. The maximum Gasteiger partial charge on any atom is 0.243 e. The third-order valence-electron chi connectivity index (χ3n) is 4.75. The van der Waals surface area contributed by atoms with E-state index < -0.39 is 10.0 Å². The number of amides is 1. The fourth-order valence-corrected chi connectivity index (χ4v) is 4.84. The molecular formula is C20H23ClN2O4S. The summed E-state index contributed by atoms with van der Waals surface area (Å²) in [6.45, 7) is 3.94. The van der Waals surface area contributed by atoms with Crippen LogP contribution < -0.4 is 9.64 Å². The van der Waals surface area contributed by atoms with E-state index in [1.807, 2.05) is 38.1 Å². The lowest BCUT2D eigenvalue weighted by Gasteiger charge is -2.25. The van der Waals surface area contributed by atoms with Crippen LogP contribution in [-0.4, -0.2) is 44.9 Å². The summed E-state index contributed by atoms with van der Waals surface area (Å²) in [5.41, 5.74) is 1.93. The topological polar surface area (TPSA) is 66.9 Å². The van der Waals surface area contributed by atoms with Gasteiger partial charge in [-0.2, -0.15) is 4.31 Å². The molecule has 0 aliphatic carbocycles. The first-order valence-electron chi connectivity index (χ1n) is 9.04. The van der Waals surface area contributed by atoms with E-state index in [-0.39, 0.29) is 28.4 Å². The molecule has 2 aromatic rings. The van der Waals surface area contributed by atoms with Crippen LogP contribution in [0.1, 0.15) is 19.4 Å². The monoisotopic (exact) mass is 422 g/mol. The number of benzene rings is 2. The van der Waals surface area contributed by atoms with Crippen molar-refractivity contribution in [3.63, 3.8) is 0 Å². The third-order valence-corrected chi connectivity index (χ3v) is 6.84. The average Bonchev–Trinajstić information content (AvgIpc) is 2.99. The van der Waals surface area contributed by atoms with Gasteiger partial charge >= 0.3 is 0 Å². The van der Waals surface area contributed by atoms with Crippen molar-refractivity contribution in [2.24, 2.45) is 0 Å². The van der Waals surface area contributed by atoms with Crippen LogP contribution >= 0.6 is 11.6 Å². The SMILES string of the molecule is CCOc1ccc(S(=O)(=O)N(C)CC(=O)N2c3ccccc3C[C@H]2C)cc1Cl. The number of sulfonamides is 1. The van der Waals surface area contributed by atoms with Crippen LogP contribution in [0.2, 0.25) is 5.02 Å². The molecule has 1 aliphatic heterocycles. The Morgan fingerprint density at radius 2 is 2.00 bits per heavy atom. The Hall–Kier alpha value is -2.09. The number of likely N-dealkylation sites (N-methyl/N-ethyl adjacent to an activating group) is 1. The summed E-state index contributed by atoms with van der Waals surface area (Å²) < 4.78 is 32.2. The number of anilines is 1. The van der Waals surface area contributed by atoms with E-state index in [9.17, 15) is 13.2 Å². The van der Waals surface area contributed by atoms with Crippen molar-refractivity contribution in [1.29, 1.82) is 0 Å². The Kier molecular flexibility index (Phi) is 5.98. The summed E-state index contributed by atoms with van der Waals surface area (Å²) in [6, 6.07) is 12.0. The van der Waals surface area contributed by atoms with Gasteiger partial charge in [0.25, 0.3) is 0 Å². The molecule has 8 heteroatoms. The lowest BCUT2D eigenvalue weighted by Crippen LogP contribution is -2.43. The molecule has 0 saturated heterocycles. The molecule has 1 heterocycles. The van der Waals surface area contributed by atoms with Crippen molar-refractivity contribution >= 4 is 33.2 Å². The molecule has 0 N–H and O–H groups in total. The molecule has 0 fully saturated rings. The first-order valence-corrected chi connectivity index (χ1v) is 10.9. The van der Waals surface area contributed by atoms with Gasteiger partial charge in [0.15, 0.2) is 0 Å². The van der Waals surface area contributed by atoms with E-state index in [1.165, 1.54) is 25.2 Å². The molecule has 150 valence electrons. The Morgan fingerprint density at radius 3 is 2.68 bits per heavy atom. The van der Waals surface area contributed by atoms with Gasteiger partial charge in [-0.25, -0.2) is 8.42 Å². The van der Waals surface area contributed by atoms with E-state index in [0.29, 0.717) is 12.4 Å². The van der Waals surface area contributed by atoms with Crippen LogP contribution in [0.4, 0.5) is 5.69 Å². The number of carbonyl (C=O) groups is 1. The molecule has 0 radical (unpaired) electrons. The van der Waals surface area contributed by atoms with Gasteiger partial charge in [-0.15, -0.1) is 0 Å². The van der Waals surface area contributed by atoms with Crippen LogP contribution in [0, 0.1) is 0 Å². The minimum absolute atomic E-state index is 0.0130. The van der Waals surface area contributed by atoms with Gasteiger partial charge in [0.2, 0.25) is 15.9 Å². The Balaban J connectivity index is 1.79. The maximum absolute atomic E-state index is 12.9. The van der Waals surface area contributed by atoms with Crippen molar-refractivity contribution in [3.05, 3.63) is 53.1 Å². The van der Waals surface area contributed by atoms with Crippen molar-refractivity contribution < 1.29 is 17.9 Å². The first-order chi connectivity index (χ1) is 13.3. The normalized spacial score (nSPS) is 16.3. The zero-order chi connectivity index (χ0) is 20.5. The number of fused-ring (bicyclic) bond motifs is 1. The number of para-hydroxylation sites is 1. The second kappa shape index (κ2) is 8.11. The minimum atomic E-state index is -3.87. The molecule has 2 aromatic carbocycles. The number of hydrogen-bond acceptors (Lipinski definition) is 4. The highest BCUT2D eigenvalue weighted by atomic mass is 35.5. The molecular weight excluding hydrogens is 400 g/mol. The van der Waals surface area contributed by atoms with Gasteiger partial charge < -0.3 is 9.64 Å². The summed E-state index contributed by atoms with van der Waals surface area (Å²) in [6.07, 6.45) is 0.757. The van der Waals surface area contributed by atoms with Gasteiger partial charge in [-0.3, -0.25) is 4.79 Å². The van der Waals surface area contributed by atoms with Crippen LogP contribution in [0.3, 0.4) is 0 Å². The standard InChI is InChI=1S/C20H23ClN2O4S/c1-4-27-19-10-9-16(12-17(19)21)28(25,26)22(3)13-20(24)23-14(2)11-15-7-5-6-8-18(15)23/h5-10,12,14H,4,11,13H2,1-3H3/t14-/m1/s1. The van der Waals surface area contributed by atoms with Gasteiger partial charge in [0.1, 0.15) is 5.75 Å². The van der Waals surface area contributed by atoms with Gasteiger partial charge in [0, 0.05) is 18.8 Å². The largest absolute Gasteiger partial charge is 0.492 e. The molecule has 0 bridgehead atoms. The summed E-state index contributed by atoms with van der Waals surface area (Å²) in [7, 11) is -2.47. The number of nitrogens with zero attached hydrogens (tertiary/aromatic N) is 2. The van der Waals surface area contributed by atoms with Crippen molar-refractivity contribution in [2.45, 2.75) is 31.2 Å². The van der Waals surface area contributed by atoms with Gasteiger partial charge in [-0.05, 0) is 50.1 Å². The summed E-state index contributed by atoms with van der Waals surface area (Å²) >= 11 is 6.12. The highest BCUT2D eigenvalue weighted by Crippen LogP contribution is 2.32. The van der Waals surface area contributed by atoms with Crippen molar-refractivity contribution in [1.82, 2.24) is 4.31 Å². The number of hydrogen-bond donors (Lipinski definition) is 0. The molecule has 1 amide bonds. The number of rotatable bonds is 6. The first kappa shape index (κ1) is 20.6. The van der Waals surface area contributed by atoms with E-state index in [0.717, 1.165) is 22.0 Å². The fraction of sp³-hybridized carbons (Fsp3) is 0.350. The highest BCUT2D eigenvalue weighted by Gasteiger charge is 2.33. The van der Waals surface area contributed by atoms with E-state index in [1.54, 1.807) is 4.90 Å². The van der Waals surface area contributed by atoms with Crippen molar-refractivity contribution in [2.75, 3.05) is 25.1 Å². The minimum Gasteiger partial charge on any atom is -0.492 e. The van der Waals surface area contributed by atoms with E-state index in [4.69, 9.17) is 16.3 Å².